The monoisotopic (exact) mass is 359 g/mol. The van der Waals surface area contributed by atoms with Gasteiger partial charge in [0.15, 0.2) is 0 Å². The molecule has 0 aliphatic heterocycles. The molecule has 0 radical (unpaired) electrons. The van der Waals surface area contributed by atoms with Gasteiger partial charge in [-0.1, -0.05) is 72.8 Å². The molecule has 0 N–H and O–H groups in total. The average molecular weight is 359 g/mol. The normalized spacial score (nSPS) is 10.6. The minimum absolute atomic E-state index is 0.0873. The maximum Gasteiger partial charge on any atom is 0.223 e. The Hall–Kier alpha value is -3.07. The van der Waals surface area contributed by atoms with E-state index in [1.807, 2.05) is 72.6 Å². The van der Waals surface area contributed by atoms with Gasteiger partial charge in [-0.2, -0.15) is 0 Å². The summed E-state index contributed by atoms with van der Waals surface area (Å²) in [6, 6.07) is 28.1. The third-order valence-electron chi connectivity index (χ3n) is 4.80. The number of nitrogens with zero attached hydrogens (tertiary/aromatic N) is 1. The zero-order valence-corrected chi connectivity index (χ0v) is 15.8. The SMILES string of the molecule is COc1ccc(CCC(=O)N(C)C(c2ccccc2)c2ccccc2)cc1. The molecular weight excluding hydrogens is 334 g/mol. The van der Waals surface area contributed by atoms with Crippen LogP contribution < -0.4 is 4.74 Å². The van der Waals surface area contributed by atoms with Crippen LogP contribution in [0.3, 0.4) is 0 Å². The Balaban J connectivity index is 1.75. The van der Waals surface area contributed by atoms with Gasteiger partial charge in [-0.25, -0.2) is 0 Å². The van der Waals surface area contributed by atoms with Gasteiger partial charge in [0.1, 0.15) is 5.75 Å². The van der Waals surface area contributed by atoms with Gasteiger partial charge in [0, 0.05) is 13.5 Å². The lowest BCUT2D eigenvalue weighted by atomic mass is 9.97. The summed E-state index contributed by atoms with van der Waals surface area (Å²) in [7, 11) is 3.54. The number of carbonyl (C=O) groups excluding carboxylic acids is 1. The predicted molar refractivity (Wildman–Crippen MR) is 109 cm³/mol. The van der Waals surface area contributed by atoms with E-state index in [4.69, 9.17) is 4.74 Å². The molecule has 3 aromatic rings. The smallest absolute Gasteiger partial charge is 0.223 e. The second kappa shape index (κ2) is 9.04. The van der Waals surface area contributed by atoms with Crippen LogP contribution in [0, 0.1) is 0 Å². The third kappa shape index (κ3) is 4.76. The predicted octanol–water partition coefficient (Wildman–Crippen LogP) is 4.88. The molecule has 0 saturated carbocycles. The first-order valence-electron chi connectivity index (χ1n) is 9.17. The number of hydrogen-bond donors (Lipinski definition) is 0. The van der Waals surface area contributed by atoms with Crippen LogP contribution in [0.4, 0.5) is 0 Å². The standard InChI is InChI=1S/C24H25NO2/c1-25(23(26)18-15-19-13-16-22(27-2)17-14-19)24(20-9-5-3-6-10-20)21-11-7-4-8-12-21/h3-14,16-17,24H,15,18H2,1-2H3. The van der Waals surface area contributed by atoms with Crippen molar-refractivity contribution in [3.63, 3.8) is 0 Å². The van der Waals surface area contributed by atoms with Gasteiger partial charge in [0.05, 0.1) is 13.2 Å². The molecule has 0 bridgehead atoms. The fraction of sp³-hybridized carbons (Fsp3) is 0.208. The topological polar surface area (TPSA) is 29.5 Å². The molecule has 3 rings (SSSR count). The minimum atomic E-state index is -0.0873. The van der Waals surface area contributed by atoms with Crippen LogP contribution in [-0.4, -0.2) is 25.0 Å². The molecule has 0 spiro atoms. The highest BCUT2D eigenvalue weighted by molar-refractivity contribution is 5.77. The highest BCUT2D eigenvalue weighted by atomic mass is 16.5. The Labute approximate surface area is 161 Å². The molecule has 138 valence electrons. The Morgan fingerprint density at radius 2 is 1.37 bits per heavy atom. The van der Waals surface area contributed by atoms with Crippen molar-refractivity contribution in [3.8, 4) is 5.75 Å². The van der Waals surface area contributed by atoms with E-state index >= 15 is 0 Å². The highest BCUT2D eigenvalue weighted by Crippen LogP contribution is 2.28. The van der Waals surface area contributed by atoms with E-state index in [0.717, 1.165) is 22.4 Å². The minimum Gasteiger partial charge on any atom is -0.497 e. The van der Waals surface area contributed by atoms with Gasteiger partial charge in [-0.15, -0.1) is 0 Å². The van der Waals surface area contributed by atoms with Crippen molar-refractivity contribution >= 4 is 5.91 Å². The van der Waals surface area contributed by atoms with Crippen molar-refractivity contribution in [2.24, 2.45) is 0 Å². The van der Waals surface area contributed by atoms with Crippen molar-refractivity contribution in [1.82, 2.24) is 4.90 Å². The van der Waals surface area contributed by atoms with Gasteiger partial charge in [-0.3, -0.25) is 4.79 Å². The van der Waals surface area contributed by atoms with Crippen LogP contribution >= 0.6 is 0 Å². The summed E-state index contributed by atoms with van der Waals surface area (Å²) in [4.78, 5) is 14.8. The number of carbonyl (C=O) groups is 1. The lowest BCUT2D eigenvalue weighted by molar-refractivity contribution is -0.131. The summed E-state index contributed by atoms with van der Waals surface area (Å²) in [6.07, 6.45) is 1.18. The van der Waals surface area contributed by atoms with E-state index in [1.54, 1.807) is 7.11 Å². The van der Waals surface area contributed by atoms with Gasteiger partial charge in [0.2, 0.25) is 5.91 Å². The van der Waals surface area contributed by atoms with Gasteiger partial charge < -0.3 is 9.64 Å². The molecule has 0 saturated heterocycles. The van der Waals surface area contributed by atoms with Gasteiger partial charge in [0.25, 0.3) is 0 Å². The Kier molecular flexibility index (Phi) is 6.26. The summed E-state index contributed by atoms with van der Waals surface area (Å²) in [6.45, 7) is 0. The van der Waals surface area contributed by atoms with Crippen LogP contribution in [0.1, 0.15) is 29.2 Å². The van der Waals surface area contributed by atoms with Crippen molar-refractivity contribution in [2.45, 2.75) is 18.9 Å². The van der Waals surface area contributed by atoms with E-state index in [-0.39, 0.29) is 11.9 Å². The van der Waals surface area contributed by atoms with E-state index in [9.17, 15) is 4.79 Å². The summed E-state index contributed by atoms with van der Waals surface area (Å²) in [5.74, 6) is 0.957. The number of hydrogen-bond acceptors (Lipinski definition) is 2. The van der Waals surface area contributed by atoms with Crippen LogP contribution in [0.25, 0.3) is 0 Å². The lowest BCUT2D eigenvalue weighted by Gasteiger charge is -2.29. The quantitative estimate of drug-likeness (QED) is 0.602. The largest absolute Gasteiger partial charge is 0.497 e. The number of amides is 1. The summed E-state index contributed by atoms with van der Waals surface area (Å²) < 4.78 is 5.19. The fourth-order valence-electron chi connectivity index (χ4n) is 3.27. The average Bonchev–Trinajstić information content (AvgIpc) is 2.74. The Morgan fingerprint density at radius 1 is 0.852 bits per heavy atom. The molecular formula is C24H25NO2. The second-order valence-corrected chi connectivity index (χ2v) is 6.58. The van der Waals surface area contributed by atoms with Crippen molar-refractivity contribution in [1.29, 1.82) is 0 Å². The first kappa shape index (κ1) is 18.7. The summed E-state index contributed by atoms with van der Waals surface area (Å²) in [5, 5.41) is 0. The molecule has 27 heavy (non-hydrogen) atoms. The summed E-state index contributed by atoms with van der Waals surface area (Å²) >= 11 is 0. The maximum absolute atomic E-state index is 12.9. The molecule has 1 amide bonds. The molecule has 3 aromatic carbocycles. The van der Waals surface area contributed by atoms with Crippen LogP contribution in [-0.2, 0) is 11.2 Å². The highest BCUT2D eigenvalue weighted by Gasteiger charge is 2.23. The summed E-state index contributed by atoms with van der Waals surface area (Å²) in [5.41, 5.74) is 3.36. The number of ether oxygens (including phenoxy) is 1. The molecule has 0 heterocycles. The number of benzene rings is 3. The van der Waals surface area contributed by atoms with E-state index < -0.39 is 0 Å². The Morgan fingerprint density at radius 3 is 1.85 bits per heavy atom. The first-order valence-corrected chi connectivity index (χ1v) is 9.17. The molecule has 3 heteroatoms. The van der Waals surface area contributed by atoms with E-state index in [0.29, 0.717) is 12.8 Å². The first-order chi connectivity index (χ1) is 13.2. The molecule has 0 aliphatic carbocycles. The fourth-order valence-corrected chi connectivity index (χ4v) is 3.27. The molecule has 0 unspecified atom stereocenters. The van der Waals surface area contributed by atoms with Crippen LogP contribution in [0.15, 0.2) is 84.9 Å². The van der Waals surface area contributed by atoms with Crippen LogP contribution in [0.5, 0.6) is 5.75 Å². The zero-order chi connectivity index (χ0) is 19.1. The zero-order valence-electron chi connectivity index (χ0n) is 15.8. The van der Waals surface area contributed by atoms with Crippen LogP contribution in [0.2, 0.25) is 0 Å². The molecule has 3 nitrogen and oxygen atoms in total. The van der Waals surface area contributed by atoms with Crippen molar-refractivity contribution in [2.75, 3.05) is 14.2 Å². The van der Waals surface area contributed by atoms with Gasteiger partial charge >= 0.3 is 0 Å². The Bertz CT molecular complexity index is 805. The third-order valence-corrected chi connectivity index (χ3v) is 4.80. The molecule has 0 aliphatic rings. The molecule has 0 fully saturated rings. The molecule has 0 aromatic heterocycles. The van der Waals surface area contributed by atoms with E-state index in [2.05, 4.69) is 24.3 Å². The molecule has 0 atom stereocenters. The number of aryl methyl sites for hydroxylation is 1. The van der Waals surface area contributed by atoms with Crippen molar-refractivity contribution < 1.29 is 9.53 Å². The van der Waals surface area contributed by atoms with Gasteiger partial charge in [-0.05, 0) is 35.2 Å². The number of rotatable bonds is 7. The van der Waals surface area contributed by atoms with Crippen molar-refractivity contribution in [3.05, 3.63) is 102 Å². The maximum atomic E-state index is 12.9. The lowest BCUT2D eigenvalue weighted by Crippen LogP contribution is -2.32. The second-order valence-electron chi connectivity index (χ2n) is 6.58. The number of methoxy groups -OCH3 is 1. The van der Waals surface area contributed by atoms with E-state index in [1.165, 1.54) is 0 Å².